The molecule has 4 fully saturated rings. The first-order valence-corrected chi connectivity index (χ1v) is 8.25. The van der Waals surface area contributed by atoms with E-state index < -0.39 is 0 Å². The molecule has 4 bridgehead atoms. The molecule has 112 valence electrons. The van der Waals surface area contributed by atoms with Gasteiger partial charge in [-0.25, -0.2) is 0 Å². The Bertz CT molecular complexity index is 512. The molecule has 0 spiro atoms. The van der Waals surface area contributed by atoms with E-state index in [1.54, 1.807) is 12.1 Å². The quantitative estimate of drug-likeness (QED) is 0.683. The Hall–Kier alpha value is -1.42. The van der Waals surface area contributed by atoms with Crippen molar-refractivity contribution in [2.45, 2.75) is 44.7 Å². The number of hydrogen-bond donors (Lipinski definition) is 1. The minimum absolute atomic E-state index is 0.188. The Morgan fingerprint density at radius 1 is 1.00 bits per heavy atom. The summed E-state index contributed by atoms with van der Waals surface area (Å²) in [5.74, 6) is 3.91. The molecular weight excluding hydrogens is 264 g/mol. The normalized spacial score (nSPS) is 36.9. The summed E-state index contributed by atoms with van der Waals surface area (Å²) in [6.45, 7) is 0.963. The van der Waals surface area contributed by atoms with Crippen LogP contribution in [0.25, 0.3) is 0 Å². The zero-order chi connectivity index (χ0) is 14.4. The number of nitrogens with two attached hydrogens (primary N) is 1. The second kappa shape index (κ2) is 5.09. The maximum atomic E-state index is 10.7. The first-order chi connectivity index (χ1) is 10.2. The molecule has 5 rings (SSSR count). The minimum atomic E-state index is -0.328. The molecule has 1 aromatic carbocycles. The van der Waals surface area contributed by atoms with Crippen LogP contribution in [-0.2, 0) is 6.54 Å². The molecule has 0 saturated heterocycles. The van der Waals surface area contributed by atoms with Gasteiger partial charge in [0.15, 0.2) is 0 Å². The average molecular weight is 287 g/mol. The van der Waals surface area contributed by atoms with Gasteiger partial charge >= 0.3 is 0 Å². The number of non-ortho nitro benzene ring substituents is 1. The number of hydrogen-bond acceptors (Lipinski definition) is 2. The highest BCUT2D eigenvalue weighted by atomic mass is 16.6. The molecule has 4 nitrogen and oxygen atoms in total. The van der Waals surface area contributed by atoms with E-state index in [1.807, 2.05) is 12.1 Å². The lowest BCUT2D eigenvalue weighted by Gasteiger charge is -2.52. The average Bonchev–Trinajstić information content (AvgIpc) is 2.46. The van der Waals surface area contributed by atoms with E-state index >= 15 is 0 Å². The molecular formula is C17H23N2O2+. The zero-order valence-electron chi connectivity index (χ0n) is 12.3. The molecule has 21 heavy (non-hydrogen) atoms. The largest absolute Gasteiger partial charge is 0.340 e. The molecule has 0 atom stereocenters. The first-order valence-electron chi connectivity index (χ1n) is 8.25. The second-order valence-electron chi connectivity index (χ2n) is 7.37. The minimum Gasteiger partial charge on any atom is -0.340 e. The third-order valence-corrected chi connectivity index (χ3v) is 6.07. The molecule has 0 aliphatic heterocycles. The Morgan fingerprint density at radius 2 is 1.57 bits per heavy atom. The van der Waals surface area contributed by atoms with Crippen LogP contribution >= 0.6 is 0 Å². The van der Waals surface area contributed by atoms with E-state index in [1.165, 1.54) is 37.7 Å². The lowest BCUT2D eigenvalue weighted by Crippen LogP contribution is -2.93. The van der Waals surface area contributed by atoms with Crippen molar-refractivity contribution in [3.8, 4) is 0 Å². The van der Waals surface area contributed by atoms with Crippen molar-refractivity contribution in [1.82, 2.24) is 0 Å². The third kappa shape index (κ3) is 2.46. The molecule has 0 radical (unpaired) electrons. The number of rotatable bonds is 4. The number of quaternary nitrogens is 1. The van der Waals surface area contributed by atoms with Gasteiger partial charge in [0, 0.05) is 29.5 Å². The number of nitro groups is 1. The van der Waals surface area contributed by atoms with Gasteiger partial charge < -0.3 is 5.32 Å². The van der Waals surface area contributed by atoms with Gasteiger partial charge in [0.25, 0.3) is 5.69 Å². The summed E-state index contributed by atoms with van der Waals surface area (Å²) in [4.78, 5) is 10.4. The maximum Gasteiger partial charge on any atom is 0.269 e. The van der Waals surface area contributed by atoms with Crippen LogP contribution in [-0.4, -0.2) is 11.0 Å². The fourth-order valence-corrected chi connectivity index (χ4v) is 5.38. The van der Waals surface area contributed by atoms with Crippen LogP contribution in [0.3, 0.4) is 0 Å². The zero-order valence-corrected chi connectivity index (χ0v) is 12.3. The van der Waals surface area contributed by atoms with E-state index in [0.29, 0.717) is 0 Å². The van der Waals surface area contributed by atoms with Crippen LogP contribution in [0.5, 0.6) is 0 Å². The highest BCUT2D eigenvalue weighted by Crippen LogP contribution is 2.52. The van der Waals surface area contributed by atoms with Gasteiger partial charge in [0.05, 0.1) is 11.0 Å². The van der Waals surface area contributed by atoms with Crippen LogP contribution in [0.1, 0.15) is 37.7 Å². The molecule has 0 aromatic heterocycles. The number of nitro benzene ring substituents is 1. The lowest BCUT2D eigenvalue weighted by atomic mass is 9.54. The van der Waals surface area contributed by atoms with Crippen molar-refractivity contribution < 1.29 is 10.2 Å². The van der Waals surface area contributed by atoms with Gasteiger partial charge in [-0.2, -0.15) is 0 Å². The van der Waals surface area contributed by atoms with Crippen LogP contribution in [0, 0.1) is 33.8 Å². The van der Waals surface area contributed by atoms with Gasteiger partial charge in [-0.15, -0.1) is 0 Å². The van der Waals surface area contributed by atoms with Crippen molar-refractivity contribution in [3.05, 3.63) is 39.9 Å². The van der Waals surface area contributed by atoms with Gasteiger partial charge in [0.2, 0.25) is 0 Å². The summed E-state index contributed by atoms with van der Waals surface area (Å²) in [6, 6.07) is 7.86. The molecule has 4 saturated carbocycles. The maximum absolute atomic E-state index is 10.7. The predicted molar refractivity (Wildman–Crippen MR) is 79.6 cm³/mol. The summed E-state index contributed by atoms with van der Waals surface area (Å²) >= 11 is 0. The van der Waals surface area contributed by atoms with Gasteiger partial charge in [-0.1, -0.05) is 0 Å². The third-order valence-electron chi connectivity index (χ3n) is 6.07. The Morgan fingerprint density at radius 3 is 2.10 bits per heavy atom. The van der Waals surface area contributed by atoms with Gasteiger partial charge in [-0.3, -0.25) is 10.1 Å². The number of benzene rings is 1. The SMILES string of the molecule is O=[N+]([O-])c1ccc(C[NH2+]C2C3CC4CC(C3)CC2C4)cc1. The van der Waals surface area contributed by atoms with Gasteiger partial charge in [0.1, 0.15) is 6.54 Å². The molecule has 0 unspecified atom stereocenters. The molecule has 2 N–H and O–H groups in total. The van der Waals surface area contributed by atoms with Crippen LogP contribution in [0.15, 0.2) is 24.3 Å². The molecule has 0 amide bonds. The smallest absolute Gasteiger partial charge is 0.269 e. The second-order valence-corrected chi connectivity index (χ2v) is 7.37. The Labute approximate surface area is 125 Å². The summed E-state index contributed by atoms with van der Waals surface area (Å²) in [5.41, 5.74) is 1.39. The molecule has 0 heterocycles. The van der Waals surface area contributed by atoms with Crippen molar-refractivity contribution in [3.63, 3.8) is 0 Å². The molecule has 4 aliphatic carbocycles. The number of nitrogens with zero attached hydrogens (tertiary/aromatic N) is 1. The summed E-state index contributed by atoms with van der Waals surface area (Å²) in [7, 11) is 0. The highest BCUT2D eigenvalue weighted by molar-refractivity contribution is 5.32. The topological polar surface area (TPSA) is 59.8 Å². The van der Waals surface area contributed by atoms with Crippen molar-refractivity contribution >= 4 is 5.69 Å². The Kier molecular flexibility index (Phi) is 3.21. The lowest BCUT2D eigenvalue weighted by molar-refractivity contribution is -0.723. The molecule has 1 aromatic rings. The fraction of sp³-hybridized carbons (Fsp3) is 0.647. The fourth-order valence-electron chi connectivity index (χ4n) is 5.38. The monoisotopic (exact) mass is 287 g/mol. The van der Waals surface area contributed by atoms with Crippen LogP contribution in [0.2, 0.25) is 0 Å². The summed E-state index contributed by atoms with van der Waals surface area (Å²) < 4.78 is 0. The van der Waals surface area contributed by atoms with Crippen LogP contribution < -0.4 is 5.32 Å². The highest BCUT2D eigenvalue weighted by Gasteiger charge is 2.49. The van der Waals surface area contributed by atoms with E-state index in [2.05, 4.69) is 5.32 Å². The molecule has 4 heteroatoms. The summed E-state index contributed by atoms with van der Waals surface area (Å²) in [6.07, 6.45) is 7.31. The van der Waals surface area contributed by atoms with Crippen molar-refractivity contribution in [2.75, 3.05) is 0 Å². The molecule has 4 aliphatic rings. The van der Waals surface area contributed by atoms with E-state index in [4.69, 9.17) is 0 Å². The summed E-state index contributed by atoms with van der Waals surface area (Å²) in [5, 5.41) is 13.2. The first kappa shape index (κ1) is 13.3. The van der Waals surface area contributed by atoms with Gasteiger partial charge in [-0.05, 0) is 56.1 Å². The van der Waals surface area contributed by atoms with E-state index in [-0.39, 0.29) is 10.6 Å². The van der Waals surface area contributed by atoms with E-state index in [9.17, 15) is 10.1 Å². The van der Waals surface area contributed by atoms with Crippen molar-refractivity contribution in [1.29, 1.82) is 0 Å². The van der Waals surface area contributed by atoms with E-state index in [0.717, 1.165) is 36.3 Å². The van der Waals surface area contributed by atoms with Crippen molar-refractivity contribution in [2.24, 2.45) is 23.7 Å². The van der Waals surface area contributed by atoms with Crippen LogP contribution in [0.4, 0.5) is 5.69 Å². The Balaban J connectivity index is 1.39. The standard InChI is InChI=1S/C17H22N2O2/c20-19(21)16-3-1-11(2-4-16)10-18-17-14-6-12-5-13(8-14)9-15(17)7-12/h1-4,12-15,17-18H,5-10H2/p+1. The predicted octanol–water partition coefficient (Wildman–Crippen LogP) is 2.48.